The highest BCUT2D eigenvalue weighted by Crippen LogP contribution is 2.35. The normalized spacial score (nSPS) is 32.8. The lowest BCUT2D eigenvalue weighted by atomic mass is 10.2. The second-order valence-corrected chi connectivity index (χ2v) is 5.50. The number of likely N-dealkylation sites (tertiary alicyclic amines) is 1. The molecule has 0 bridgehead atoms. The average Bonchev–Trinajstić information content (AvgIpc) is 2.95. The number of morpholine rings is 1. The molecule has 0 spiro atoms. The van der Waals surface area contributed by atoms with Crippen molar-refractivity contribution >= 4 is 5.91 Å². The summed E-state index contributed by atoms with van der Waals surface area (Å²) in [5.41, 5.74) is 5.47. The Morgan fingerprint density at radius 1 is 1.24 bits per heavy atom. The fourth-order valence-corrected chi connectivity index (χ4v) is 2.83. The third kappa shape index (κ3) is 2.19. The number of amides is 1. The summed E-state index contributed by atoms with van der Waals surface area (Å²) >= 11 is 0. The first-order chi connectivity index (χ1) is 8.19. The van der Waals surface area contributed by atoms with E-state index in [4.69, 9.17) is 10.5 Å². The van der Waals surface area contributed by atoms with E-state index in [9.17, 15) is 4.79 Å². The first kappa shape index (κ1) is 11.4. The lowest BCUT2D eigenvalue weighted by molar-refractivity contribution is -0.132. The van der Waals surface area contributed by atoms with Crippen molar-refractivity contribution in [1.82, 2.24) is 9.80 Å². The zero-order chi connectivity index (χ0) is 11.9. The van der Waals surface area contributed by atoms with E-state index in [-0.39, 0.29) is 5.91 Å². The molecule has 0 aromatic rings. The minimum Gasteiger partial charge on any atom is -0.379 e. The van der Waals surface area contributed by atoms with Crippen molar-refractivity contribution < 1.29 is 9.53 Å². The first-order valence-corrected chi connectivity index (χ1v) is 6.59. The van der Waals surface area contributed by atoms with Crippen molar-refractivity contribution in [2.75, 3.05) is 39.4 Å². The molecular formula is C12H21N3O2. The number of ether oxygens (including phenoxy) is 1. The summed E-state index contributed by atoms with van der Waals surface area (Å²) in [6.45, 7) is 5.38. The molecule has 1 unspecified atom stereocenters. The van der Waals surface area contributed by atoms with E-state index in [0.29, 0.717) is 6.04 Å². The third-order valence-corrected chi connectivity index (χ3v) is 4.23. The van der Waals surface area contributed by atoms with E-state index in [0.717, 1.165) is 58.7 Å². The number of hydrogen-bond donors (Lipinski definition) is 1. The van der Waals surface area contributed by atoms with E-state index in [2.05, 4.69) is 4.90 Å². The summed E-state index contributed by atoms with van der Waals surface area (Å²) in [7, 11) is 0. The molecule has 0 aromatic carbocycles. The van der Waals surface area contributed by atoms with Gasteiger partial charge in [0.1, 0.15) is 0 Å². The van der Waals surface area contributed by atoms with Crippen LogP contribution in [0, 0.1) is 0 Å². The number of carbonyl (C=O) groups is 1. The Labute approximate surface area is 102 Å². The standard InChI is InChI=1S/C12H21N3O2/c13-12(2-3-12)11(16)15-4-1-10(9-15)14-5-7-17-8-6-14/h10H,1-9,13H2. The van der Waals surface area contributed by atoms with Gasteiger partial charge in [-0.1, -0.05) is 0 Å². The molecule has 17 heavy (non-hydrogen) atoms. The van der Waals surface area contributed by atoms with Gasteiger partial charge >= 0.3 is 0 Å². The predicted octanol–water partition coefficient (Wildman–Crippen LogP) is -0.589. The average molecular weight is 239 g/mol. The summed E-state index contributed by atoms with van der Waals surface area (Å²) < 4.78 is 5.36. The summed E-state index contributed by atoms with van der Waals surface area (Å²) in [5.74, 6) is 0.174. The molecule has 96 valence electrons. The van der Waals surface area contributed by atoms with Crippen LogP contribution in [-0.4, -0.2) is 66.7 Å². The molecule has 2 heterocycles. The summed E-state index contributed by atoms with van der Waals surface area (Å²) in [4.78, 5) is 16.5. The monoisotopic (exact) mass is 239 g/mol. The van der Waals surface area contributed by atoms with Crippen molar-refractivity contribution in [3.63, 3.8) is 0 Å². The Balaban J connectivity index is 1.56. The largest absolute Gasteiger partial charge is 0.379 e. The molecule has 1 atom stereocenters. The van der Waals surface area contributed by atoms with Gasteiger partial charge in [-0.15, -0.1) is 0 Å². The van der Waals surface area contributed by atoms with Crippen LogP contribution in [0.15, 0.2) is 0 Å². The van der Waals surface area contributed by atoms with Crippen LogP contribution in [0.4, 0.5) is 0 Å². The molecule has 2 saturated heterocycles. The number of rotatable bonds is 2. The SMILES string of the molecule is NC1(C(=O)N2CCC(N3CCOCC3)C2)CC1. The minimum atomic E-state index is -0.500. The minimum absolute atomic E-state index is 0.174. The van der Waals surface area contributed by atoms with Crippen LogP contribution >= 0.6 is 0 Å². The highest BCUT2D eigenvalue weighted by Gasteiger charge is 2.49. The van der Waals surface area contributed by atoms with Crippen LogP contribution in [0.1, 0.15) is 19.3 Å². The molecule has 1 amide bonds. The maximum absolute atomic E-state index is 12.1. The topological polar surface area (TPSA) is 58.8 Å². The summed E-state index contributed by atoms with van der Waals surface area (Å²) in [6, 6.07) is 0.519. The maximum Gasteiger partial charge on any atom is 0.242 e. The molecule has 0 aromatic heterocycles. The smallest absolute Gasteiger partial charge is 0.242 e. The van der Waals surface area contributed by atoms with Crippen LogP contribution in [-0.2, 0) is 9.53 Å². The van der Waals surface area contributed by atoms with Gasteiger partial charge < -0.3 is 15.4 Å². The van der Waals surface area contributed by atoms with E-state index in [1.54, 1.807) is 0 Å². The van der Waals surface area contributed by atoms with Crippen molar-refractivity contribution in [3.05, 3.63) is 0 Å². The van der Waals surface area contributed by atoms with Crippen molar-refractivity contribution in [3.8, 4) is 0 Å². The van der Waals surface area contributed by atoms with Crippen LogP contribution in [0.25, 0.3) is 0 Å². The van der Waals surface area contributed by atoms with E-state index in [1.165, 1.54) is 0 Å². The van der Waals surface area contributed by atoms with Gasteiger partial charge in [0.15, 0.2) is 0 Å². The maximum atomic E-state index is 12.1. The molecule has 1 aliphatic carbocycles. The molecule has 1 saturated carbocycles. The first-order valence-electron chi connectivity index (χ1n) is 6.59. The second kappa shape index (κ2) is 4.23. The number of hydrogen-bond acceptors (Lipinski definition) is 4. The van der Waals surface area contributed by atoms with E-state index >= 15 is 0 Å². The Hall–Kier alpha value is -0.650. The Morgan fingerprint density at radius 3 is 2.59 bits per heavy atom. The zero-order valence-electron chi connectivity index (χ0n) is 10.2. The highest BCUT2D eigenvalue weighted by atomic mass is 16.5. The van der Waals surface area contributed by atoms with E-state index < -0.39 is 5.54 Å². The summed E-state index contributed by atoms with van der Waals surface area (Å²) in [6.07, 6.45) is 2.82. The molecule has 3 rings (SSSR count). The fourth-order valence-electron chi connectivity index (χ4n) is 2.83. The van der Waals surface area contributed by atoms with Crippen molar-refractivity contribution in [1.29, 1.82) is 0 Å². The second-order valence-electron chi connectivity index (χ2n) is 5.50. The third-order valence-electron chi connectivity index (χ3n) is 4.23. The van der Waals surface area contributed by atoms with E-state index in [1.807, 2.05) is 4.90 Å². The molecule has 5 nitrogen and oxygen atoms in total. The van der Waals surface area contributed by atoms with Crippen LogP contribution < -0.4 is 5.73 Å². The van der Waals surface area contributed by atoms with Gasteiger partial charge in [0.2, 0.25) is 5.91 Å². The molecular weight excluding hydrogens is 218 g/mol. The molecule has 0 radical (unpaired) electrons. The van der Waals surface area contributed by atoms with Gasteiger partial charge in [0, 0.05) is 32.2 Å². The molecule has 2 N–H and O–H groups in total. The molecule has 3 aliphatic rings. The molecule has 5 heteroatoms. The lowest BCUT2D eigenvalue weighted by Crippen LogP contribution is -2.48. The zero-order valence-corrected chi connectivity index (χ0v) is 10.2. The Kier molecular flexibility index (Phi) is 2.84. The van der Waals surface area contributed by atoms with Gasteiger partial charge in [0.25, 0.3) is 0 Å². The molecule has 2 aliphatic heterocycles. The number of nitrogens with two attached hydrogens (primary N) is 1. The summed E-state index contributed by atoms with van der Waals surface area (Å²) in [5, 5.41) is 0. The van der Waals surface area contributed by atoms with Crippen LogP contribution in [0.3, 0.4) is 0 Å². The quantitative estimate of drug-likeness (QED) is 0.700. The number of nitrogens with zero attached hydrogens (tertiary/aromatic N) is 2. The molecule has 3 fully saturated rings. The fraction of sp³-hybridized carbons (Fsp3) is 0.917. The van der Waals surface area contributed by atoms with Gasteiger partial charge in [-0.2, -0.15) is 0 Å². The van der Waals surface area contributed by atoms with Gasteiger partial charge in [-0.05, 0) is 19.3 Å². The van der Waals surface area contributed by atoms with Gasteiger partial charge in [-0.3, -0.25) is 9.69 Å². The number of carbonyl (C=O) groups excluding carboxylic acids is 1. The Bertz CT molecular complexity index is 311. The highest BCUT2D eigenvalue weighted by molar-refractivity contribution is 5.89. The van der Waals surface area contributed by atoms with Crippen molar-refractivity contribution in [2.45, 2.75) is 30.8 Å². The van der Waals surface area contributed by atoms with Crippen LogP contribution in [0.5, 0.6) is 0 Å². The Morgan fingerprint density at radius 2 is 1.94 bits per heavy atom. The van der Waals surface area contributed by atoms with Crippen molar-refractivity contribution in [2.24, 2.45) is 5.73 Å². The lowest BCUT2D eigenvalue weighted by Gasteiger charge is -2.32. The van der Waals surface area contributed by atoms with Gasteiger partial charge in [-0.25, -0.2) is 0 Å². The van der Waals surface area contributed by atoms with Gasteiger partial charge in [0.05, 0.1) is 18.8 Å². The predicted molar refractivity (Wildman–Crippen MR) is 63.5 cm³/mol. The van der Waals surface area contributed by atoms with Crippen LogP contribution in [0.2, 0.25) is 0 Å².